The zero-order valence-corrected chi connectivity index (χ0v) is 14.1. The lowest BCUT2D eigenvalue weighted by Gasteiger charge is -2.11. The minimum atomic E-state index is -0.285. The highest BCUT2D eigenvalue weighted by Crippen LogP contribution is 2.26. The summed E-state index contributed by atoms with van der Waals surface area (Å²) in [4.78, 5) is 12.6. The molecule has 0 fully saturated rings. The maximum atomic E-state index is 13.2. The Bertz CT molecular complexity index is 976. The molecule has 1 N–H and O–H groups in total. The molecule has 4 heteroatoms. The van der Waals surface area contributed by atoms with Crippen molar-refractivity contribution in [2.24, 2.45) is 0 Å². The summed E-state index contributed by atoms with van der Waals surface area (Å²) in [5, 5.41) is 12.2. The summed E-state index contributed by atoms with van der Waals surface area (Å²) in [6, 6.07) is 22.9. The van der Waals surface area contributed by atoms with E-state index >= 15 is 0 Å². The van der Waals surface area contributed by atoms with E-state index < -0.39 is 0 Å². The van der Waals surface area contributed by atoms with Crippen LogP contribution in [0.3, 0.4) is 0 Å². The van der Waals surface area contributed by atoms with Crippen molar-refractivity contribution in [2.45, 2.75) is 6.42 Å². The highest BCUT2D eigenvalue weighted by molar-refractivity contribution is 6.01. The van der Waals surface area contributed by atoms with Gasteiger partial charge >= 0.3 is 0 Å². The number of halogens is 1. The number of carbonyl (C=O) groups excluding carboxylic acids is 1. The smallest absolute Gasteiger partial charge is 0.251 e. The van der Waals surface area contributed by atoms with Crippen molar-refractivity contribution in [3.63, 3.8) is 0 Å². The number of benzene rings is 3. The molecule has 26 heavy (non-hydrogen) atoms. The molecule has 0 aliphatic carbocycles. The number of nitriles is 1. The summed E-state index contributed by atoms with van der Waals surface area (Å²) in [6.07, 6.45) is 0.542. The third-order valence-corrected chi connectivity index (χ3v) is 4.10. The average molecular weight is 344 g/mol. The largest absolute Gasteiger partial charge is 0.352 e. The number of hydrogen-bond donors (Lipinski definition) is 1. The first-order valence-corrected chi connectivity index (χ1v) is 8.30. The molecule has 3 aromatic rings. The van der Waals surface area contributed by atoms with Crippen LogP contribution in [0.5, 0.6) is 0 Å². The molecule has 3 aromatic carbocycles. The number of carbonyl (C=O) groups is 1. The van der Waals surface area contributed by atoms with E-state index in [2.05, 4.69) is 11.4 Å². The predicted octanol–water partition coefficient (Wildman–Crippen LogP) is 4.34. The topological polar surface area (TPSA) is 52.9 Å². The standard InChI is InChI=1S/C22H17FN2O/c23-18-8-5-6-16(14-18)12-13-25-22(26)21-11-4-3-10-20(21)19-9-2-1-7-17(19)15-24/h1-11,14H,12-13H2,(H,25,26). The van der Waals surface area contributed by atoms with Gasteiger partial charge < -0.3 is 5.32 Å². The Morgan fingerprint density at radius 1 is 0.962 bits per heavy atom. The third-order valence-electron chi connectivity index (χ3n) is 4.10. The lowest BCUT2D eigenvalue weighted by Crippen LogP contribution is -2.26. The van der Waals surface area contributed by atoms with Crippen molar-refractivity contribution in [3.8, 4) is 17.2 Å². The predicted molar refractivity (Wildman–Crippen MR) is 99.0 cm³/mol. The summed E-state index contributed by atoms with van der Waals surface area (Å²) >= 11 is 0. The first kappa shape index (κ1) is 17.4. The Balaban J connectivity index is 1.77. The minimum Gasteiger partial charge on any atom is -0.352 e. The molecule has 0 bridgehead atoms. The number of nitrogens with zero attached hydrogens (tertiary/aromatic N) is 1. The molecule has 0 aliphatic rings. The second kappa shape index (κ2) is 8.09. The molecule has 128 valence electrons. The lowest BCUT2D eigenvalue weighted by atomic mass is 9.95. The number of hydrogen-bond acceptors (Lipinski definition) is 2. The van der Waals surface area contributed by atoms with Gasteiger partial charge in [-0.2, -0.15) is 5.26 Å². The molecular weight excluding hydrogens is 327 g/mol. The van der Waals surface area contributed by atoms with Gasteiger partial charge in [-0.3, -0.25) is 4.79 Å². The zero-order valence-electron chi connectivity index (χ0n) is 14.1. The van der Waals surface area contributed by atoms with Gasteiger partial charge in [0.1, 0.15) is 5.82 Å². The average Bonchev–Trinajstić information content (AvgIpc) is 2.68. The molecule has 0 saturated carbocycles. The molecule has 1 amide bonds. The fraction of sp³-hybridized carbons (Fsp3) is 0.0909. The molecule has 0 radical (unpaired) electrons. The van der Waals surface area contributed by atoms with Gasteiger partial charge in [0, 0.05) is 17.7 Å². The van der Waals surface area contributed by atoms with Crippen molar-refractivity contribution >= 4 is 5.91 Å². The maximum absolute atomic E-state index is 13.2. The van der Waals surface area contributed by atoms with E-state index in [4.69, 9.17) is 0 Å². The number of nitrogens with one attached hydrogen (secondary N) is 1. The van der Waals surface area contributed by atoms with Crippen LogP contribution in [0.1, 0.15) is 21.5 Å². The fourth-order valence-electron chi connectivity index (χ4n) is 2.84. The van der Waals surface area contributed by atoms with Gasteiger partial charge in [0.15, 0.2) is 0 Å². The SMILES string of the molecule is N#Cc1ccccc1-c1ccccc1C(=O)NCCc1cccc(F)c1. The van der Waals surface area contributed by atoms with Crippen LogP contribution in [-0.4, -0.2) is 12.5 Å². The second-order valence-corrected chi connectivity index (χ2v) is 5.84. The normalized spacial score (nSPS) is 10.2. The Labute approximate surface area is 151 Å². The van der Waals surface area contributed by atoms with Crippen molar-refractivity contribution < 1.29 is 9.18 Å². The van der Waals surface area contributed by atoms with Crippen LogP contribution in [0, 0.1) is 17.1 Å². The highest BCUT2D eigenvalue weighted by Gasteiger charge is 2.14. The summed E-state index contributed by atoms with van der Waals surface area (Å²) in [5.74, 6) is -0.503. The van der Waals surface area contributed by atoms with Crippen LogP contribution in [0.4, 0.5) is 4.39 Å². The van der Waals surface area contributed by atoms with Gasteiger partial charge in [0.2, 0.25) is 0 Å². The third kappa shape index (κ3) is 3.96. The minimum absolute atomic E-state index is 0.218. The summed E-state index contributed by atoms with van der Waals surface area (Å²) in [5.41, 5.74) is 3.30. The molecule has 3 rings (SSSR count). The Morgan fingerprint density at radius 3 is 2.46 bits per heavy atom. The monoisotopic (exact) mass is 344 g/mol. The van der Waals surface area contributed by atoms with Crippen LogP contribution >= 0.6 is 0 Å². The van der Waals surface area contributed by atoms with Crippen LogP contribution in [-0.2, 0) is 6.42 Å². The maximum Gasteiger partial charge on any atom is 0.251 e. The van der Waals surface area contributed by atoms with Gasteiger partial charge in [-0.1, -0.05) is 48.5 Å². The quantitative estimate of drug-likeness (QED) is 0.749. The van der Waals surface area contributed by atoms with E-state index in [1.54, 1.807) is 30.3 Å². The Morgan fingerprint density at radius 2 is 1.69 bits per heavy atom. The van der Waals surface area contributed by atoms with E-state index in [0.29, 0.717) is 29.7 Å². The van der Waals surface area contributed by atoms with Crippen LogP contribution in [0.25, 0.3) is 11.1 Å². The highest BCUT2D eigenvalue weighted by atomic mass is 19.1. The molecule has 0 aliphatic heterocycles. The molecule has 0 atom stereocenters. The number of amides is 1. The molecule has 0 saturated heterocycles. The van der Waals surface area contributed by atoms with E-state index in [9.17, 15) is 14.4 Å². The van der Waals surface area contributed by atoms with Crippen molar-refractivity contribution in [1.82, 2.24) is 5.32 Å². The van der Waals surface area contributed by atoms with E-state index in [1.807, 2.05) is 30.3 Å². The lowest BCUT2D eigenvalue weighted by molar-refractivity contribution is 0.0955. The second-order valence-electron chi connectivity index (χ2n) is 5.84. The Hall–Kier alpha value is -3.45. The van der Waals surface area contributed by atoms with Crippen LogP contribution in [0.15, 0.2) is 72.8 Å². The number of rotatable bonds is 5. The molecule has 0 unspecified atom stereocenters. The Kier molecular flexibility index (Phi) is 5.40. The van der Waals surface area contributed by atoms with E-state index in [1.165, 1.54) is 12.1 Å². The van der Waals surface area contributed by atoms with Crippen molar-refractivity contribution in [2.75, 3.05) is 6.54 Å². The molecule has 0 aromatic heterocycles. The summed E-state index contributed by atoms with van der Waals surface area (Å²) in [7, 11) is 0. The molecular formula is C22H17FN2O. The van der Waals surface area contributed by atoms with Gasteiger partial charge in [-0.25, -0.2) is 4.39 Å². The van der Waals surface area contributed by atoms with Gasteiger partial charge in [0.05, 0.1) is 11.6 Å². The first-order chi connectivity index (χ1) is 12.7. The van der Waals surface area contributed by atoms with Crippen molar-refractivity contribution in [1.29, 1.82) is 5.26 Å². The van der Waals surface area contributed by atoms with Gasteiger partial charge in [-0.05, 0) is 41.8 Å². The van der Waals surface area contributed by atoms with E-state index in [-0.39, 0.29) is 11.7 Å². The van der Waals surface area contributed by atoms with E-state index in [0.717, 1.165) is 11.1 Å². The zero-order chi connectivity index (χ0) is 18.4. The summed E-state index contributed by atoms with van der Waals surface area (Å²) < 4.78 is 13.2. The molecule has 0 spiro atoms. The summed E-state index contributed by atoms with van der Waals surface area (Å²) in [6.45, 7) is 0.399. The van der Waals surface area contributed by atoms with Gasteiger partial charge in [0.25, 0.3) is 5.91 Å². The fourth-order valence-corrected chi connectivity index (χ4v) is 2.84. The van der Waals surface area contributed by atoms with Crippen LogP contribution in [0.2, 0.25) is 0 Å². The molecule has 0 heterocycles. The van der Waals surface area contributed by atoms with Crippen molar-refractivity contribution in [3.05, 3.63) is 95.3 Å². The first-order valence-electron chi connectivity index (χ1n) is 8.30. The van der Waals surface area contributed by atoms with Gasteiger partial charge in [-0.15, -0.1) is 0 Å². The van der Waals surface area contributed by atoms with Crippen LogP contribution < -0.4 is 5.32 Å². The molecule has 3 nitrogen and oxygen atoms in total.